The molecule has 0 aromatic carbocycles. The van der Waals surface area contributed by atoms with Gasteiger partial charge in [0.25, 0.3) is 0 Å². The van der Waals surface area contributed by atoms with Crippen molar-refractivity contribution in [2.24, 2.45) is 0 Å². The van der Waals surface area contributed by atoms with Gasteiger partial charge in [0.05, 0.1) is 19.3 Å². The fourth-order valence-corrected chi connectivity index (χ4v) is 2.65. The van der Waals surface area contributed by atoms with Crippen LogP contribution in [0.2, 0.25) is 0 Å². The number of methoxy groups -OCH3 is 1. The molecule has 0 radical (unpaired) electrons. The third-order valence-electron chi connectivity index (χ3n) is 3.77. The van der Waals surface area contributed by atoms with Crippen LogP contribution < -0.4 is 5.32 Å². The molecule has 2 atom stereocenters. The molecule has 0 spiro atoms. The van der Waals surface area contributed by atoms with Gasteiger partial charge in [-0.3, -0.25) is 0 Å². The van der Waals surface area contributed by atoms with Crippen LogP contribution in [0, 0.1) is 0 Å². The van der Waals surface area contributed by atoms with Crippen molar-refractivity contribution in [3.63, 3.8) is 0 Å². The van der Waals surface area contributed by atoms with Gasteiger partial charge in [0.1, 0.15) is 0 Å². The van der Waals surface area contributed by atoms with Gasteiger partial charge in [-0.05, 0) is 26.3 Å². The number of likely N-dealkylation sites (N-methyl/N-ethyl adjacent to an activating group) is 1. The molecule has 1 saturated carbocycles. The van der Waals surface area contributed by atoms with Crippen molar-refractivity contribution >= 4 is 0 Å². The van der Waals surface area contributed by atoms with Crippen molar-refractivity contribution < 1.29 is 14.2 Å². The van der Waals surface area contributed by atoms with E-state index in [1.807, 2.05) is 7.05 Å². The second kappa shape index (κ2) is 11.6. The van der Waals surface area contributed by atoms with Crippen molar-refractivity contribution in [2.45, 2.75) is 57.1 Å². The zero-order valence-corrected chi connectivity index (χ0v) is 12.7. The summed E-state index contributed by atoms with van der Waals surface area (Å²) in [7, 11) is 3.76. The molecule has 114 valence electrons. The molecule has 0 aromatic rings. The molecule has 19 heavy (non-hydrogen) atoms. The van der Waals surface area contributed by atoms with E-state index in [-0.39, 0.29) is 0 Å². The van der Waals surface area contributed by atoms with Crippen LogP contribution in [0.25, 0.3) is 0 Å². The van der Waals surface area contributed by atoms with E-state index in [0.717, 1.165) is 19.6 Å². The van der Waals surface area contributed by atoms with Crippen molar-refractivity contribution in [1.82, 2.24) is 5.32 Å². The normalized spacial score (nSPS) is 24.9. The van der Waals surface area contributed by atoms with E-state index >= 15 is 0 Å². The maximum absolute atomic E-state index is 6.01. The monoisotopic (exact) mass is 273 g/mol. The number of ether oxygens (including phenoxy) is 3. The Kier molecular flexibility index (Phi) is 10.4. The maximum Gasteiger partial charge on any atom is 0.0729 e. The van der Waals surface area contributed by atoms with Crippen LogP contribution >= 0.6 is 0 Å². The van der Waals surface area contributed by atoms with Crippen LogP contribution in [0.15, 0.2) is 0 Å². The van der Waals surface area contributed by atoms with Gasteiger partial charge in [0.2, 0.25) is 0 Å². The smallest absolute Gasteiger partial charge is 0.0729 e. The van der Waals surface area contributed by atoms with Gasteiger partial charge in [0.15, 0.2) is 0 Å². The summed E-state index contributed by atoms with van der Waals surface area (Å²) in [6, 6.07) is 0.508. The lowest BCUT2D eigenvalue weighted by Gasteiger charge is -2.29. The van der Waals surface area contributed by atoms with Gasteiger partial charge >= 0.3 is 0 Å². The van der Waals surface area contributed by atoms with Crippen LogP contribution in [-0.4, -0.2) is 52.7 Å². The average Bonchev–Trinajstić information content (AvgIpc) is 2.40. The molecule has 1 aliphatic carbocycles. The Balaban J connectivity index is 2.10. The molecule has 4 heteroatoms. The Hall–Kier alpha value is -0.160. The molecule has 0 heterocycles. The van der Waals surface area contributed by atoms with Gasteiger partial charge in [-0.2, -0.15) is 0 Å². The summed E-state index contributed by atoms with van der Waals surface area (Å²) in [6.45, 7) is 2.93. The van der Waals surface area contributed by atoms with Gasteiger partial charge in [-0.25, -0.2) is 0 Å². The Labute approximate surface area is 118 Å². The van der Waals surface area contributed by atoms with Crippen molar-refractivity contribution in [3.8, 4) is 0 Å². The van der Waals surface area contributed by atoms with Crippen LogP contribution in [0.1, 0.15) is 44.9 Å². The number of hydrogen-bond donors (Lipinski definition) is 1. The van der Waals surface area contributed by atoms with Crippen molar-refractivity contribution in [1.29, 1.82) is 0 Å². The lowest BCUT2D eigenvalue weighted by atomic mass is 9.94. The first kappa shape index (κ1) is 16.9. The summed E-state index contributed by atoms with van der Waals surface area (Å²) >= 11 is 0. The Morgan fingerprint density at radius 1 is 0.947 bits per heavy atom. The topological polar surface area (TPSA) is 39.7 Å². The fraction of sp³-hybridized carbons (Fsp3) is 1.00. The molecule has 1 rings (SSSR count). The summed E-state index contributed by atoms with van der Waals surface area (Å²) in [4.78, 5) is 0. The van der Waals surface area contributed by atoms with Crippen LogP contribution in [0.3, 0.4) is 0 Å². The predicted molar refractivity (Wildman–Crippen MR) is 77.6 cm³/mol. The van der Waals surface area contributed by atoms with Crippen LogP contribution in [0.5, 0.6) is 0 Å². The minimum atomic E-state index is 0.355. The molecule has 0 bridgehead atoms. The lowest BCUT2D eigenvalue weighted by Crippen LogP contribution is -2.40. The molecule has 1 fully saturated rings. The largest absolute Gasteiger partial charge is 0.385 e. The highest BCUT2D eigenvalue weighted by molar-refractivity contribution is 4.78. The fourth-order valence-electron chi connectivity index (χ4n) is 2.65. The first-order valence-electron chi connectivity index (χ1n) is 7.74. The summed E-state index contributed by atoms with van der Waals surface area (Å²) in [5.74, 6) is 0. The van der Waals surface area contributed by atoms with Gasteiger partial charge < -0.3 is 19.5 Å². The molecular formula is C15H31NO3. The number of nitrogens with one attached hydrogen (secondary N) is 1. The third kappa shape index (κ3) is 7.88. The van der Waals surface area contributed by atoms with Crippen LogP contribution in [0.4, 0.5) is 0 Å². The zero-order chi connectivity index (χ0) is 13.8. The highest BCUT2D eigenvalue weighted by Crippen LogP contribution is 2.20. The summed E-state index contributed by atoms with van der Waals surface area (Å²) in [5, 5.41) is 3.41. The zero-order valence-electron chi connectivity index (χ0n) is 12.7. The van der Waals surface area contributed by atoms with E-state index in [4.69, 9.17) is 14.2 Å². The van der Waals surface area contributed by atoms with E-state index in [1.165, 1.54) is 38.5 Å². The van der Waals surface area contributed by atoms with Gasteiger partial charge in [0, 0.05) is 26.4 Å². The molecule has 2 unspecified atom stereocenters. The second-order valence-corrected chi connectivity index (χ2v) is 5.25. The summed E-state index contributed by atoms with van der Waals surface area (Å²) in [6.07, 6.45) is 9.05. The summed E-state index contributed by atoms with van der Waals surface area (Å²) < 4.78 is 16.5. The molecule has 0 aromatic heterocycles. The van der Waals surface area contributed by atoms with Gasteiger partial charge in [-0.15, -0.1) is 0 Å². The minimum Gasteiger partial charge on any atom is -0.385 e. The van der Waals surface area contributed by atoms with E-state index in [1.54, 1.807) is 7.11 Å². The molecule has 1 N–H and O–H groups in total. The highest BCUT2D eigenvalue weighted by atomic mass is 16.5. The minimum absolute atomic E-state index is 0.355. The molecule has 0 amide bonds. The van der Waals surface area contributed by atoms with Crippen LogP contribution in [-0.2, 0) is 14.2 Å². The quantitative estimate of drug-likeness (QED) is 0.655. The first-order valence-corrected chi connectivity index (χ1v) is 7.74. The van der Waals surface area contributed by atoms with E-state index < -0.39 is 0 Å². The van der Waals surface area contributed by atoms with Gasteiger partial charge in [-0.1, -0.05) is 25.7 Å². The second-order valence-electron chi connectivity index (χ2n) is 5.25. The summed E-state index contributed by atoms with van der Waals surface area (Å²) in [5.41, 5.74) is 0. The third-order valence-corrected chi connectivity index (χ3v) is 3.77. The Morgan fingerprint density at radius 2 is 1.74 bits per heavy atom. The van der Waals surface area contributed by atoms with E-state index in [2.05, 4.69) is 5.32 Å². The number of rotatable bonds is 9. The Morgan fingerprint density at radius 3 is 2.47 bits per heavy atom. The van der Waals surface area contributed by atoms with Crippen molar-refractivity contribution in [3.05, 3.63) is 0 Å². The maximum atomic E-state index is 6.01. The lowest BCUT2D eigenvalue weighted by molar-refractivity contribution is -0.0206. The first-order chi connectivity index (χ1) is 9.38. The standard InChI is InChI=1S/C15H31NO3/c1-16-14-8-5-3-4-6-9-15(14)19-13-12-18-11-7-10-17-2/h14-16H,3-13H2,1-2H3. The number of hydrogen-bond acceptors (Lipinski definition) is 4. The molecule has 0 aliphatic heterocycles. The van der Waals surface area contributed by atoms with E-state index in [9.17, 15) is 0 Å². The highest BCUT2D eigenvalue weighted by Gasteiger charge is 2.21. The molecule has 0 saturated heterocycles. The Bertz CT molecular complexity index is 202. The molecular weight excluding hydrogens is 242 g/mol. The SMILES string of the molecule is CNC1CCCCCCC1OCCOCCCOC. The van der Waals surface area contributed by atoms with Crippen molar-refractivity contribution in [2.75, 3.05) is 40.6 Å². The molecule has 4 nitrogen and oxygen atoms in total. The predicted octanol–water partition coefficient (Wildman–Crippen LogP) is 2.37. The molecule has 1 aliphatic rings. The van der Waals surface area contributed by atoms with E-state index in [0.29, 0.717) is 25.4 Å². The average molecular weight is 273 g/mol.